The lowest BCUT2D eigenvalue weighted by molar-refractivity contribution is -0.131. The summed E-state index contributed by atoms with van der Waals surface area (Å²) >= 11 is 0. The molecule has 1 aliphatic heterocycles. The maximum Gasteiger partial charge on any atom is 0.248 e. The van der Waals surface area contributed by atoms with Gasteiger partial charge in [0.2, 0.25) is 5.91 Å². The van der Waals surface area contributed by atoms with Gasteiger partial charge in [0, 0.05) is 19.4 Å². The van der Waals surface area contributed by atoms with Gasteiger partial charge in [0.1, 0.15) is 5.54 Å². The molecular weight excluding hydrogens is 262 g/mol. The van der Waals surface area contributed by atoms with Gasteiger partial charge in [-0.15, -0.1) is 0 Å². The van der Waals surface area contributed by atoms with Crippen molar-refractivity contribution < 1.29 is 4.79 Å². The van der Waals surface area contributed by atoms with Gasteiger partial charge in [-0.05, 0) is 42.7 Å². The number of likely N-dealkylation sites (N-methyl/N-ethyl adjacent to an activating group) is 1. The van der Waals surface area contributed by atoms with Crippen LogP contribution < -0.4 is 5.32 Å². The number of rotatable bonds is 2. The Labute approximate surface area is 124 Å². The average Bonchev–Trinajstić information content (AvgIpc) is 2.73. The van der Waals surface area contributed by atoms with E-state index in [1.165, 1.54) is 0 Å². The minimum absolute atomic E-state index is 0.0320. The Morgan fingerprint density at radius 1 is 1.24 bits per heavy atom. The molecule has 1 saturated heterocycles. The molecule has 1 aromatic heterocycles. The Balaban J connectivity index is 2.03. The molecule has 1 fully saturated rings. The van der Waals surface area contributed by atoms with E-state index in [4.69, 9.17) is 0 Å². The van der Waals surface area contributed by atoms with Crippen LogP contribution in [0.3, 0.4) is 0 Å². The number of hydrogen-bond donors (Lipinski definition) is 1. The number of aromatic nitrogens is 1. The summed E-state index contributed by atoms with van der Waals surface area (Å²) in [5.74, 6) is 0.0957. The van der Waals surface area contributed by atoms with Crippen LogP contribution in [-0.4, -0.2) is 29.0 Å². The molecule has 1 N–H and O–H groups in total. The summed E-state index contributed by atoms with van der Waals surface area (Å²) in [7, 11) is 1.83. The molecule has 2 aromatic rings. The first-order chi connectivity index (χ1) is 10.0. The standard InChI is InChI=1S/C17H19N3O/c1-12-19-17(2,16(21)20(12)3)15-8-4-6-13(10-15)14-7-5-9-18-11-14/h4-12,19H,1-3H3. The summed E-state index contributed by atoms with van der Waals surface area (Å²) in [5, 5.41) is 3.39. The highest BCUT2D eigenvalue weighted by Gasteiger charge is 2.45. The lowest BCUT2D eigenvalue weighted by atomic mass is 9.90. The van der Waals surface area contributed by atoms with Gasteiger partial charge >= 0.3 is 0 Å². The van der Waals surface area contributed by atoms with E-state index in [9.17, 15) is 4.79 Å². The molecule has 1 aliphatic rings. The summed E-state index contributed by atoms with van der Waals surface area (Å²) in [5.41, 5.74) is 2.42. The quantitative estimate of drug-likeness (QED) is 0.919. The molecule has 2 atom stereocenters. The third kappa shape index (κ3) is 2.21. The highest BCUT2D eigenvalue weighted by molar-refractivity contribution is 5.89. The van der Waals surface area contributed by atoms with Crippen LogP contribution in [0.4, 0.5) is 0 Å². The molecule has 2 heterocycles. The zero-order chi connectivity index (χ0) is 15.0. The predicted molar refractivity (Wildman–Crippen MR) is 82.4 cm³/mol. The monoisotopic (exact) mass is 281 g/mol. The van der Waals surface area contributed by atoms with Crippen LogP contribution in [0.2, 0.25) is 0 Å². The largest absolute Gasteiger partial charge is 0.329 e. The van der Waals surface area contributed by atoms with E-state index < -0.39 is 5.54 Å². The molecule has 0 saturated carbocycles. The number of pyridine rings is 1. The van der Waals surface area contributed by atoms with E-state index in [-0.39, 0.29) is 12.1 Å². The van der Waals surface area contributed by atoms with Crippen molar-refractivity contribution in [2.75, 3.05) is 7.05 Å². The highest BCUT2D eigenvalue weighted by Crippen LogP contribution is 2.32. The minimum atomic E-state index is -0.674. The van der Waals surface area contributed by atoms with Crippen LogP contribution in [0.5, 0.6) is 0 Å². The van der Waals surface area contributed by atoms with Crippen molar-refractivity contribution in [3.8, 4) is 11.1 Å². The van der Waals surface area contributed by atoms with E-state index in [1.54, 1.807) is 11.1 Å². The van der Waals surface area contributed by atoms with Gasteiger partial charge in [0.15, 0.2) is 0 Å². The summed E-state index contributed by atoms with van der Waals surface area (Å²) in [4.78, 5) is 18.4. The fraction of sp³-hybridized carbons (Fsp3) is 0.294. The van der Waals surface area contributed by atoms with E-state index in [0.29, 0.717) is 0 Å². The van der Waals surface area contributed by atoms with Crippen LogP contribution >= 0.6 is 0 Å². The summed E-state index contributed by atoms with van der Waals surface area (Å²) in [6, 6.07) is 12.0. The number of carbonyl (C=O) groups is 1. The van der Waals surface area contributed by atoms with E-state index in [0.717, 1.165) is 16.7 Å². The SMILES string of the molecule is CC1NC(C)(c2cccc(-c3cccnc3)c2)C(=O)N1C. The molecule has 1 aromatic carbocycles. The fourth-order valence-corrected chi connectivity index (χ4v) is 2.86. The number of benzene rings is 1. The lowest BCUT2D eigenvalue weighted by Crippen LogP contribution is -2.41. The Kier molecular flexibility index (Phi) is 3.26. The van der Waals surface area contributed by atoms with Crippen molar-refractivity contribution in [1.29, 1.82) is 0 Å². The fourth-order valence-electron chi connectivity index (χ4n) is 2.86. The zero-order valence-electron chi connectivity index (χ0n) is 12.5. The molecule has 3 rings (SSSR count). The molecule has 0 spiro atoms. The second kappa shape index (κ2) is 4.97. The van der Waals surface area contributed by atoms with E-state index in [2.05, 4.69) is 16.4 Å². The van der Waals surface area contributed by atoms with Gasteiger partial charge in [0.25, 0.3) is 0 Å². The number of hydrogen-bond acceptors (Lipinski definition) is 3. The van der Waals surface area contributed by atoms with Gasteiger partial charge < -0.3 is 4.90 Å². The number of nitrogens with zero attached hydrogens (tertiary/aromatic N) is 2. The molecule has 4 nitrogen and oxygen atoms in total. The van der Waals surface area contributed by atoms with E-state index >= 15 is 0 Å². The van der Waals surface area contributed by atoms with Crippen LogP contribution in [-0.2, 0) is 10.3 Å². The van der Waals surface area contributed by atoms with Gasteiger partial charge in [-0.25, -0.2) is 0 Å². The van der Waals surface area contributed by atoms with Crippen LogP contribution in [0.15, 0.2) is 48.8 Å². The van der Waals surface area contributed by atoms with Gasteiger partial charge in [0.05, 0.1) is 6.17 Å². The molecule has 108 valence electrons. The minimum Gasteiger partial charge on any atom is -0.329 e. The Morgan fingerprint density at radius 2 is 2.00 bits per heavy atom. The zero-order valence-corrected chi connectivity index (χ0v) is 12.5. The van der Waals surface area contributed by atoms with Crippen molar-refractivity contribution in [1.82, 2.24) is 15.2 Å². The van der Waals surface area contributed by atoms with Gasteiger partial charge in [-0.3, -0.25) is 15.1 Å². The normalized spacial score (nSPS) is 25.4. The van der Waals surface area contributed by atoms with Crippen LogP contribution in [0, 0.1) is 0 Å². The summed E-state index contributed by atoms with van der Waals surface area (Å²) in [6.45, 7) is 3.94. The Morgan fingerprint density at radius 3 is 2.62 bits per heavy atom. The second-order valence-electron chi connectivity index (χ2n) is 5.68. The lowest BCUT2D eigenvalue weighted by Gasteiger charge is -2.23. The molecule has 4 heteroatoms. The molecule has 0 aliphatic carbocycles. The Hall–Kier alpha value is -2.20. The smallest absolute Gasteiger partial charge is 0.248 e. The topological polar surface area (TPSA) is 45.2 Å². The van der Waals surface area contributed by atoms with Gasteiger partial charge in [-0.1, -0.05) is 24.3 Å². The average molecular weight is 281 g/mol. The molecule has 21 heavy (non-hydrogen) atoms. The van der Waals surface area contributed by atoms with Crippen molar-refractivity contribution in [3.05, 3.63) is 54.4 Å². The molecule has 0 radical (unpaired) electrons. The van der Waals surface area contributed by atoms with Crippen LogP contribution in [0.25, 0.3) is 11.1 Å². The summed E-state index contributed by atoms with van der Waals surface area (Å²) in [6.07, 6.45) is 3.62. The highest BCUT2D eigenvalue weighted by atomic mass is 16.2. The third-order valence-electron chi connectivity index (χ3n) is 4.26. The molecule has 1 amide bonds. The predicted octanol–water partition coefficient (Wildman–Crippen LogP) is 2.37. The molecule has 0 bridgehead atoms. The summed E-state index contributed by atoms with van der Waals surface area (Å²) < 4.78 is 0. The number of nitrogens with one attached hydrogen (secondary N) is 1. The van der Waals surface area contributed by atoms with Crippen LogP contribution in [0.1, 0.15) is 19.4 Å². The molecular formula is C17H19N3O. The van der Waals surface area contributed by atoms with Gasteiger partial charge in [-0.2, -0.15) is 0 Å². The van der Waals surface area contributed by atoms with Crippen molar-refractivity contribution in [3.63, 3.8) is 0 Å². The van der Waals surface area contributed by atoms with E-state index in [1.807, 2.05) is 57.4 Å². The first kappa shape index (κ1) is 13.8. The maximum atomic E-state index is 12.5. The first-order valence-corrected chi connectivity index (χ1v) is 7.08. The van der Waals surface area contributed by atoms with Crippen molar-refractivity contribution in [2.45, 2.75) is 25.6 Å². The maximum absolute atomic E-state index is 12.5. The Bertz CT molecular complexity index is 671. The van der Waals surface area contributed by atoms with Crippen molar-refractivity contribution in [2.24, 2.45) is 0 Å². The second-order valence-corrected chi connectivity index (χ2v) is 5.68. The molecule has 2 unspecified atom stereocenters. The van der Waals surface area contributed by atoms with Crippen molar-refractivity contribution >= 4 is 5.91 Å². The number of carbonyl (C=O) groups excluding carboxylic acids is 1. The number of amides is 1. The first-order valence-electron chi connectivity index (χ1n) is 7.08. The third-order valence-corrected chi connectivity index (χ3v) is 4.26.